The first-order valence-electron chi connectivity index (χ1n) is 11.2. The van der Waals surface area contributed by atoms with Gasteiger partial charge in [-0.15, -0.1) is 0 Å². The van der Waals surface area contributed by atoms with Crippen LogP contribution in [0.5, 0.6) is 0 Å². The second kappa shape index (κ2) is 11.6. The van der Waals surface area contributed by atoms with Crippen LogP contribution in [0.1, 0.15) is 29.2 Å². The molecule has 0 radical (unpaired) electrons. The van der Waals surface area contributed by atoms with E-state index >= 15 is 0 Å². The van der Waals surface area contributed by atoms with Crippen molar-refractivity contribution < 1.29 is 5.11 Å². The highest BCUT2D eigenvalue weighted by atomic mass is 16.3. The minimum atomic E-state index is 0.0389. The Labute approximate surface area is 202 Å². The van der Waals surface area contributed by atoms with Gasteiger partial charge in [-0.3, -0.25) is 0 Å². The lowest BCUT2D eigenvalue weighted by Crippen LogP contribution is -1.87. The Balaban J connectivity index is 0.000000191. The maximum absolute atomic E-state index is 9.19. The maximum atomic E-state index is 9.19. The van der Waals surface area contributed by atoms with E-state index in [1.165, 1.54) is 16.7 Å². The van der Waals surface area contributed by atoms with Crippen LogP contribution in [0.2, 0.25) is 0 Å². The van der Waals surface area contributed by atoms with Gasteiger partial charge < -0.3 is 5.11 Å². The zero-order chi connectivity index (χ0) is 24.5. The van der Waals surface area contributed by atoms with Crippen molar-refractivity contribution in [3.05, 3.63) is 130 Å². The Morgan fingerprint density at radius 3 is 1.53 bits per heavy atom. The fraction of sp³-hybridized carbons (Fsp3) is 0.161. The van der Waals surface area contributed by atoms with Gasteiger partial charge >= 0.3 is 0 Å². The summed E-state index contributed by atoms with van der Waals surface area (Å²) in [6, 6.07) is 27.9. The molecule has 0 saturated heterocycles. The lowest BCUT2D eigenvalue weighted by molar-refractivity contribution is 0.282. The molecule has 0 bridgehead atoms. The topological polar surface area (TPSA) is 29.0 Å². The summed E-state index contributed by atoms with van der Waals surface area (Å²) < 4.78 is 0. The average molecular weight is 445 g/mol. The van der Waals surface area contributed by atoms with Crippen LogP contribution in [-0.4, -0.2) is 5.11 Å². The summed E-state index contributed by atoms with van der Waals surface area (Å²) in [6.07, 6.45) is 1.04. The number of rotatable bonds is 4. The standard InChI is InChI=1S/C16H15N.C15H13NO/c1-4-13-8-12(2)9-15(10-13)14-6-5-7-16(11-14)17-3;1-11-6-12(10-17)8-14(7-11)13-4-3-5-15(9-13)16-2/h5-11H,4H2,1-2H3;3-9,17H,10H2,1H3. The van der Waals surface area contributed by atoms with Gasteiger partial charge in [0.05, 0.1) is 19.8 Å². The quantitative estimate of drug-likeness (QED) is 0.314. The molecule has 168 valence electrons. The van der Waals surface area contributed by atoms with E-state index in [1.807, 2.05) is 55.5 Å². The van der Waals surface area contributed by atoms with Crippen molar-refractivity contribution in [2.75, 3.05) is 0 Å². The molecule has 0 atom stereocenters. The molecule has 0 spiro atoms. The zero-order valence-corrected chi connectivity index (χ0v) is 19.8. The van der Waals surface area contributed by atoms with Crippen LogP contribution in [0, 0.1) is 27.0 Å². The molecule has 0 unspecified atom stereocenters. The van der Waals surface area contributed by atoms with Crippen LogP contribution in [0.25, 0.3) is 31.9 Å². The molecule has 0 aliphatic heterocycles. The van der Waals surface area contributed by atoms with E-state index in [0.717, 1.165) is 34.2 Å². The van der Waals surface area contributed by atoms with Crippen LogP contribution in [0.3, 0.4) is 0 Å². The minimum Gasteiger partial charge on any atom is -0.392 e. The van der Waals surface area contributed by atoms with E-state index in [9.17, 15) is 5.11 Å². The predicted molar refractivity (Wildman–Crippen MR) is 141 cm³/mol. The molecule has 4 rings (SSSR count). The first kappa shape index (κ1) is 24.5. The number of aliphatic hydroxyl groups is 1. The summed E-state index contributed by atoms with van der Waals surface area (Å²) in [6.45, 7) is 20.4. The van der Waals surface area contributed by atoms with E-state index in [-0.39, 0.29) is 6.61 Å². The normalized spacial score (nSPS) is 9.94. The van der Waals surface area contributed by atoms with Crippen LogP contribution in [0.4, 0.5) is 11.4 Å². The molecular formula is C31H28N2O. The van der Waals surface area contributed by atoms with Crippen LogP contribution >= 0.6 is 0 Å². The molecule has 3 nitrogen and oxygen atoms in total. The number of hydrogen-bond donors (Lipinski definition) is 1. The summed E-state index contributed by atoms with van der Waals surface area (Å²) in [5, 5.41) is 9.19. The molecule has 34 heavy (non-hydrogen) atoms. The second-order valence-electron chi connectivity index (χ2n) is 8.25. The number of aryl methyl sites for hydroxylation is 3. The van der Waals surface area contributed by atoms with E-state index < -0.39 is 0 Å². The van der Waals surface area contributed by atoms with Crippen molar-refractivity contribution in [3.63, 3.8) is 0 Å². The Morgan fingerprint density at radius 2 is 1.09 bits per heavy atom. The fourth-order valence-corrected chi connectivity index (χ4v) is 3.86. The van der Waals surface area contributed by atoms with E-state index in [0.29, 0.717) is 11.4 Å². The predicted octanol–water partition coefficient (Wildman–Crippen LogP) is 8.48. The Bertz CT molecular complexity index is 1270. The van der Waals surface area contributed by atoms with Crippen LogP contribution < -0.4 is 0 Å². The lowest BCUT2D eigenvalue weighted by Gasteiger charge is -2.07. The van der Waals surface area contributed by atoms with E-state index in [1.54, 1.807) is 6.07 Å². The molecule has 0 aliphatic carbocycles. The van der Waals surface area contributed by atoms with Crippen molar-refractivity contribution in [1.82, 2.24) is 0 Å². The average Bonchev–Trinajstić information content (AvgIpc) is 2.88. The highest BCUT2D eigenvalue weighted by Gasteiger charge is 2.03. The largest absolute Gasteiger partial charge is 0.392 e. The maximum Gasteiger partial charge on any atom is 0.187 e. The van der Waals surface area contributed by atoms with Crippen molar-refractivity contribution >= 4 is 11.4 Å². The van der Waals surface area contributed by atoms with E-state index in [4.69, 9.17) is 13.1 Å². The number of hydrogen-bond acceptors (Lipinski definition) is 1. The second-order valence-corrected chi connectivity index (χ2v) is 8.25. The van der Waals surface area contributed by atoms with Crippen molar-refractivity contribution in [2.24, 2.45) is 0 Å². The van der Waals surface area contributed by atoms with Crippen LogP contribution in [0.15, 0.2) is 84.9 Å². The fourth-order valence-electron chi connectivity index (χ4n) is 3.86. The summed E-state index contributed by atoms with van der Waals surface area (Å²) in [5.41, 5.74) is 10.3. The Morgan fingerprint density at radius 1 is 0.618 bits per heavy atom. The van der Waals surface area contributed by atoms with Gasteiger partial charge in [0.1, 0.15) is 0 Å². The molecule has 1 N–H and O–H groups in total. The molecule has 0 heterocycles. The SMILES string of the molecule is [C-]#[N+]c1cccc(-c2cc(C)cc(CC)c2)c1.[C-]#[N+]c1cccc(-c2cc(C)cc(CO)c2)c1. The monoisotopic (exact) mass is 444 g/mol. The third-order valence-electron chi connectivity index (χ3n) is 5.48. The molecule has 4 aromatic rings. The molecule has 0 fully saturated rings. The summed E-state index contributed by atoms with van der Waals surface area (Å²) in [7, 11) is 0. The summed E-state index contributed by atoms with van der Waals surface area (Å²) in [5.74, 6) is 0. The third-order valence-corrected chi connectivity index (χ3v) is 5.48. The lowest BCUT2D eigenvalue weighted by atomic mass is 9.99. The first-order valence-corrected chi connectivity index (χ1v) is 11.2. The minimum absolute atomic E-state index is 0.0389. The number of nitrogens with zero attached hydrogens (tertiary/aromatic N) is 2. The summed E-state index contributed by atoms with van der Waals surface area (Å²) >= 11 is 0. The van der Waals surface area contributed by atoms with Gasteiger partial charge in [-0.25, -0.2) is 9.69 Å². The van der Waals surface area contributed by atoms with E-state index in [2.05, 4.69) is 53.9 Å². The highest BCUT2D eigenvalue weighted by Crippen LogP contribution is 2.27. The molecule has 3 heteroatoms. The van der Waals surface area contributed by atoms with Crippen molar-refractivity contribution in [1.29, 1.82) is 0 Å². The van der Waals surface area contributed by atoms with Gasteiger partial charge in [0.2, 0.25) is 0 Å². The number of benzene rings is 4. The zero-order valence-electron chi connectivity index (χ0n) is 19.8. The molecular weight excluding hydrogens is 416 g/mol. The molecule has 4 aromatic carbocycles. The van der Waals surface area contributed by atoms with Gasteiger partial charge in [-0.1, -0.05) is 84.8 Å². The van der Waals surface area contributed by atoms with Gasteiger partial charge in [0.15, 0.2) is 11.4 Å². The molecule has 0 aromatic heterocycles. The number of aliphatic hydroxyl groups excluding tert-OH is 1. The van der Waals surface area contributed by atoms with Gasteiger partial charge in [0.25, 0.3) is 0 Å². The highest BCUT2D eigenvalue weighted by molar-refractivity contribution is 5.70. The molecule has 0 aliphatic rings. The smallest absolute Gasteiger partial charge is 0.187 e. The Kier molecular flexibility index (Phi) is 8.36. The molecule has 0 amide bonds. The van der Waals surface area contributed by atoms with Gasteiger partial charge in [-0.2, -0.15) is 0 Å². The van der Waals surface area contributed by atoms with Crippen LogP contribution in [-0.2, 0) is 13.0 Å². The third kappa shape index (κ3) is 6.42. The van der Waals surface area contributed by atoms with Crippen molar-refractivity contribution in [2.45, 2.75) is 33.8 Å². The first-order chi connectivity index (χ1) is 16.4. The molecule has 0 saturated carbocycles. The Hall–Kier alpha value is -4.18. The van der Waals surface area contributed by atoms with Gasteiger partial charge in [0, 0.05) is 0 Å². The van der Waals surface area contributed by atoms with Gasteiger partial charge in [-0.05, 0) is 71.8 Å². The summed E-state index contributed by atoms with van der Waals surface area (Å²) in [4.78, 5) is 6.89. The van der Waals surface area contributed by atoms with Crippen molar-refractivity contribution in [3.8, 4) is 22.3 Å².